The van der Waals surface area contributed by atoms with Gasteiger partial charge in [0.15, 0.2) is 15.4 Å². The number of nitrogens with zero attached hydrogens (tertiary/aromatic N) is 1. The minimum absolute atomic E-state index is 0.00378. The fraction of sp³-hybridized carbons (Fsp3) is 0.500. The van der Waals surface area contributed by atoms with Crippen LogP contribution in [0.2, 0.25) is 0 Å². The number of amides is 1. The van der Waals surface area contributed by atoms with Crippen LogP contribution in [-0.2, 0) is 14.6 Å². The Hall–Kier alpha value is -1.93. The van der Waals surface area contributed by atoms with Crippen molar-refractivity contribution in [3.63, 3.8) is 0 Å². The lowest BCUT2D eigenvalue weighted by Crippen LogP contribution is -2.51. The average Bonchev–Trinajstić information content (AvgIpc) is 2.55. The van der Waals surface area contributed by atoms with Gasteiger partial charge in [0.2, 0.25) is 0 Å². The quantitative estimate of drug-likeness (QED) is 0.812. The molecule has 132 valence electrons. The van der Waals surface area contributed by atoms with E-state index in [2.05, 4.69) is 0 Å². The molecular formula is C16H21NO6S. The Labute approximate surface area is 140 Å². The van der Waals surface area contributed by atoms with Gasteiger partial charge in [0, 0.05) is 25.9 Å². The Morgan fingerprint density at radius 1 is 1.21 bits per heavy atom. The molecule has 1 fully saturated rings. The van der Waals surface area contributed by atoms with E-state index in [1.807, 2.05) is 0 Å². The molecule has 0 unspecified atom stereocenters. The number of sulfone groups is 1. The number of aliphatic hydroxyl groups is 1. The Kier molecular flexibility index (Phi) is 5.29. The van der Waals surface area contributed by atoms with Gasteiger partial charge in [-0.1, -0.05) is 19.1 Å². The van der Waals surface area contributed by atoms with Crippen molar-refractivity contribution in [1.82, 2.24) is 4.90 Å². The molecule has 1 aliphatic rings. The summed E-state index contributed by atoms with van der Waals surface area (Å²) in [6, 6.07) is 6.03. The van der Waals surface area contributed by atoms with Crippen molar-refractivity contribution < 1.29 is 28.2 Å². The molecule has 1 aromatic rings. The van der Waals surface area contributed by atoms with Crippen LogP contribution >= 0.6 is 0 Å². The summed E-state index contributed by atoms with van der Waals surface area (Å²) < 4.78 is 24.7. The van der Waals surface area contributed by atoms with Gasteiger partial charge < -0.3 is 15.1 Å². The summed E-state index contributed by atoms with van der Waals surface area (Å²) in [5.74, 6) is -1.81. The first-order valence-corrected chi connectivity index (χ1v) is 9.43. The Balaban J connectivity index is 2.25. The number of carboxylic acid groups (broad SMARTS) is 1. The molecule has 0 bridgehead atoms. The zero-order valence-electron chi connectivity index (χ0n) is 13.4. The molecule has 0 radical (unpaired) electrons. The summed E-state index contributed by atoms with van der Waals surface area (Å²) in [4.78, 5) is 25.1. The molecule has 7 nitrogen and oxygen atoms in total. The highest BCUT2D eigenvalue weighted by atomic mass is 32.2. The lowest BCUT2D eigenvalue weighted by atomic mass is 9.91. The number of carboxylic acids is 1. The van der Waals surface area contributed by atoms with Gasteiger partial charge in [-0.15, -0.1) is 0 Å². The summed E-state index contributed by atoms with van der Waals surface area (Å²) >= 11 is 0. The lowest BCUT2D eigenvalue weighted by molar-refractivity contribution is -0.162. The maximum absolute atomic E-state index is 12.7. The van der Waals surface area contributed by atoms with Crippen LogP contribution in [0, 0.1) is 0 Å². The molecule has 1 aromatic carbocycles. The van der Waals surface area contributed by atoms with Crippen LogP contribution in [-0.4, -0.2) is 59.9 Å². The summed E-state index contributed by atoms with van der Waals surface area (Å²) in [6.07, 6.45) is 0.274. The molecule has 0 spiro atoms. The second-order valence-corrected chi connectivity index (χ2v) is 8.02. The fourth-order valence-corrected chi connectivity index (χ4v) is 4.29. The monoisotopic (exact) mass is 355 g/mol. The van der Waals surface area contributed by atoms with Crippen molar-refractivity contribution in [1.29, 1.82) is 0 Å². The Morgan fingerprint density at radius 3 is 2.33 bits per heavy atom. The van der Waals surface area contributed by atoms with Gasteiger partial charge in [-0.3, -0.25) is 4.79 Å². The van der Waals surface area contributed by atoms with E-state index in [0.29, 0.717) is 6.42 Å². The molecule has 0 saturated carbocycles. The number of benzene rings is 1. The van der Waals surface area contributed by atoms with Crippen LogP contribution in [0.5, 0.6) is 0 Å². The number of rotatable bonds is 5. The zero-order chi connectivity index (χ0) is 18.0. The molecule has 0 atom stereocenters. The van der Waals surface area contributed by atoms with Crippen molar-refractivity contribution in [3.8, 4) is 0 Å². The van der Waals surface area contributed by atoms with Crippen molar-refractivity contribution in [2.75, 3.05) is 18.8 Å². The summed E-state index contributed by atoms with van der Waals surface area (Å²) in [7, 11) is -3.55. The molecular weight excluding hydrogens is 334 g/mol. The first-order valence-electron chi connectivity index (χ1n) is 7.78. The topological polar surface area (TPSA) is 112 Å². The molecule has 1 heterocycles. The van der Waals surface area contributed by atoms with Gasteiger partial charge in [-0.05, 0) is 18.6 Å². The van der Waals surface area contributed by atoms with Crippen LogP contribution in [0.15, 0.2) is 29.2 Å². The number of hydrogen-bond donors (Lipinski definition) is 2. The minimum Gasteiger partial charge on any atom is -0.479 e. The van der Waals surface area contributed by atoms with Crippen molar-refractivity contribution in [3.05, 3.63) is 29.8 Å². The highest BCUT2D eigenvalue weighted by molar-refractivity contribution is 7.91. The molecule has 0 aliphatic carbocycles. The van der Waals surface area contributed by atoms with Crippen LogP contribution in [0.3, 0.4) is 0 Å². The van der Waals surface area contributed by atoms with Gasteiger partial charge in [0.25, 0.3) is 5.91 Å². The molecule has 2 rings (SSSR count). The highest BCUT2D eigenvalue weighted by Gasteiger charge is 2.41. The van der Waals surface area contributed by atoms with E-state index in [9.17, 15) is 23.1 Å². The molecule has 1 saturated heterocycles. The zero-order valence-corrected chi connectivity index (χ0v) is 14.3. The first-order chi connectivity index (χ1) is 11.2. The number of carbonyl (C=O) groups excluding carboxylic acids is 1. The molecule has 0 aromatic heterocycles. The van der Waals surface area contributed by atoms with Gasteiger partial charge in [-0.2, -0.15) is 0 Å². The maximum atomic E-state index is 12.7. The standard InChI is InChI=1S/C16H21NO6S/c1-2-11-24(22,23)13-6-4-3-5-12(13)14(18)17-9-7-16(21,8-10-17)15(19)20/h3-6,21H,2,7-11H2,1H3,(H,19,20). The lowest BCUT2D eigenvalue weighted by Gasteiger charge is -2.35. The largest absolute Gasteiger partial charge is 0.479 e. The van der Waals surface area contributed by atoms with Crippen molar-refractivity contribution in [2.24, 2.45) is 0 Å². The number of aliphatic carboxylic acids is 1. The normalized spacial score (nSPS) is 17.5. The predicted molar refractivity (Wildman–Crippen MR) is 86.5 cm³/mol. The molecule has 2 N–H and O–H groups in total. The smallest absolute Gasteiger partial charge is 0.335 e. The Bertz CT molecular complexity index is 735. The highest BCUT2D eigenvalue weighted by Crippen LogP contribution is 2.26. The van der Waals surface area contributed by atoms with Crippen LogP contribution < -0.4 is 0 Å². The van der Waals surface area contributed by atoms with E-state index < -0.39 is 27.3 Å². The second kappa shape index (κ2) is 6.90. The maximum Gasteiger partial charge on any atom is 0.335 e. The third-order valence-corrected chi connectivity index (χ3v) is 6.17. The van der Waals surface area contributed by atoms with E-state index in [4.69, 9.17) is 5.11 Å². The number of piperidine rings is 1. The molecule has 1 amide bonds. The van der Waals surface area contributed by atoms with Crippen LogP contribution in [0.25, 0.3) is 0 Å². The molecule has 24 heavy (non-hydrogen) atoms. The second-order valence-electron chi connectivity index (χ2n) is 5.94. The summed E-state index contributed by atoms with van der Waals surface area (Å²) in [5.41, 5.74) is -1.74. The van der Waals surface area contributed by atoms with Crippen molar-refractivity contribution >= 4 is 21.7 Å². The van der Waals surface area contributed by atoms with Gasteiger partial charge in [-0.25, -0.2) is 13.2 Å². The van der Waals surface area contributed by atoms with E-state index in [1.165, 1.54) is 17.0 Å². The van der Waals surface area contributed by atoms with Crippen molar-refractivity contribution in [2.45, 2.75) is 36.7 Å². The average molecular weight is 355 g/mol. The fourth-order valence-electron chi connectivity index (χ4n) is 2.76. The number of likely N-dealkylation sites (tertiary alicyclic amines) is 1. The third-order valence-electron chi connectivity index (χ3n) is 4.20. The van der Waals surface area contributed by atoms with E-state index in [-0.39, 0.29) is 42.1 Å². The first kappa shape index (κ1) is 18.4. The molecule has 1 aliphatic heterocycles. The van der Waals surface area contributed by atoms with Crippen LogP contribution in [0.1, 0.15) is 36.5 Å². The minimum atomic E-state index is -3.55. The number of carbonyl (C=O) groups is 2. The SMILES string of the molecule is CCCS(=O)(=O)c1ccccc1C(=O)N1CCC(O)(C(=O)O)CC1. The number of hydrogen-bond acceptors (Lipinski definition) is 5. The van der Waals surface area contributed by atoms with Gasteiger partial charge >= 0.3 is 5.97 Å². The van der Waals surface area contributed by atoms with Gasteiger partial charge in [0.1, 0.15) is 0 Å². The van der Waals surface area contributed by atoms with Crippen LogP contribution in [0.4, 0.5) is 0 Å². The van der Waals surface area contributed by atoms with Gasteiger partial charge in [0.05, 0.1) is 16.2 Å². The van der Waals surface area contributed by atoms with E-state index >= 15 is 0 Å². The molecule has 8 heteroatoms. The van der Waals surface area contributed by atoms with E-state index in [0.717, 1.165) is 0 Å². The Morgan fingerprint density at radius 2 is 1.79 bits per heavy atom. The third kappa shape index (κ3) is 3.59. The van der Waals surface area contributed by atoms with E-state index in [1.54, 1.807) is 19.1 Å². The summed E-state index contributed by atoms with van der Waals surface area (Å²) in [5, 5.41) is 19.0. The summed E-state index contributed by atoms with van der Waals surface area (Å²) in [6.45, 7) is 1.87. The predicted octanol–water partition coefficient (Wildman–Crippen LogP) is 0.922.